The van der Waals surface area contributed by atoms with E-state index in [4.69, 9.17) is 4.74 Å². The Morgan fingerprint density at radius 3 is 2.41 bits per heavy atom. The van der Waals surface area contributed by atoms with Crippen LogP contribution < -0.4 is 10.1 Å². The number of phenols is 1. The molecule has 2 fully saturated rings. The normalized spacial score (nSPS) is 22.0. The minimum absolute atomic E-state index is 0.187. The predicted molar refractivity (Wildman–Crippen MR) is 213 cm³/mol. The van der Waals surface area contributed by atoms with Gasteiger partial charge in [0.15, 0.2) is 0 Å². The fourth-order valence-corrected chi connectivity index (χ4v) is 9.13. The number of amides is 3. The van der Waals surface area contributed by atoms with Gasteiger partial charge in [-0.3, -0.25) is 34.3 Å². The lowest BCUT2D eigenvalue weighted by Gasteiger charge is -2.37. The number of carbonyl (C=O) groups is 4. The summed E-state index contributed by atoms with van der Waals surface area (Å²) < 4.78 is 6.31. The van der Waals surface area contributed by atoms with E-state index in [0.717, 1.165) is 55.9 Å². The van der Waals surface area contributed by atoms with Gasteiger partial charge in [-0.15, -0.1) is 0 Å². The van der Waals surface area contributed by atoms with E-state index in [1.807, 2.05) is 18.2 Å². The molecule has 10 heteroatoms. The maximum absolute atomic E-state index is 13.0. The molecule has 0 spiro atoms. The maximum atomic E-state index is 13.0. The fraction of sp³-hybridized carbons (Fsp3) is 0.391. The average Bonchev–Trinajstić information content (AvgIpc) is 3.54. The smallest absolute Gasteiger partial charge is 0.255 e. The Kier molecular flexibility index (Phi) is 11.0. The van der Waals surface area contributed by atoms with E-state index in [1.54, 1.807) is 17.0 Å². The maximum Gasteiger partial charge on any atom is 0.255 e. The van der Waals surface area contributed by atoms with Crippen molar-refractivity contribution in [3.63, 3.8) is 0 Å². The van der Waals surface area contributed by atoms with Gasteiger partial charge in [0, 0.05) is 63.1 Å². The van der Waals surface area contributed by atoms with Crippen LogP contribution in [0.25, 0.3) is 0 Å². The van der Waals surface area contributed by atoms with Gasteiger partial charge in [-0.05, 0) is 102 Å². The quantitative estimate of drug-likeness (QED) is 0.180. The van der Waals surface area contributed by atoms with Gasteiger partial charge < -0.3 is 14.7 Å². The Morgan fingerprint density at radius 1 is 0.857 bits per heavy atom. The van der Waals surface area contributed by atoms with Crippen LogP contribution in [0.1, 0.15) is 88.2 Å². The molecule has 2 N–H and O–H groups in total. The van der Waals surface area contributed by atoms with Crippen LogP contribution in [-0.2, 0) is 33.8 Å². The van der Waals surface area contributed by atoms with Gasteiger partial charge in [0.25, 0.3) is 5.91 Å². The summed E-state index contributed by atoms with van der Waals surface area (Å²) in [6.45, 7) is 6.93. The van der Waals surface area contributed by atoms with Crippen molar-refractivity contribution in [3.05, 3.63) is 130 Å². The van der Waals surface area contributed by atoms with Crippen molar-refractivity contribution >= 4 is 23.5 Å². The summed E-state index contributed by atoms with van der Waals surface area (Å²) in [5, 5.41) is 12.5. The highest BCUT2D eigenvalue weighted by Gasteiger charge is 2.39. The molecule has 4 aliphatic rings. The number of ketones is 1. The summed E-state index contributed by atoms with van der Waals surface area (Å²) in [4.78, 5) is 56.2. The van der Waals surface area contributed by atoms with Crippen molar-refractivity contribution in [2.75, 3.05) is 39.3 Å². The number of nitrogens with one attached hydrogen (secondary N) is 1. The Labute approximate surface area is 328 Å². The number of ether oxygens (including phenoxy) is 1. The van der Waals surface area contributed by atoms with Crippen LogP contribution in [0.5, 0.6) is 11.5 Å². The molecule has 3 amide bonds. The molecule has 290 valence electrons. The monoisotopic (exact) mass is 754 g/mol. The average molecular weight is 755 g/mol. The Morgan fingerprint density at radius 2 is 1.64 bits per heavy atom. The molecule has 1 aliphatic carbocycles. The van der Waals surface area contributed by atoms with E-state index >= 15 is 0 Å². The molecule has 8 rings (SSSR count). The number of carbonyl (C=O) groups excluding carboxylic acids is 4. The lowest BCUT2D eigenvalue weighted by molar-refractivity contribution is -0.137. The Balaban J connectivity index is 0.789. The van der Waals surface area contributed by atoms with Crippen molar-refractivity contribution in [2.24, 2.45) is 0 Å². The molecule has 10 nitrogen and oxygen atoms in total. The summed E-state index contributed by atoms with van der Waals surface area (Å²) in [6.07, 6.45) is 3.56. The van der Waals surface area contributed by atoms with Crippen molar-refractivity contribution in [1.29, 1.82) is 0 Å². The number of Topliss-reactive ketones (excluding diaryl/α,β-unsaturated/α-hetero) is 1. The number of benzene rings is 4. The first-order valence-corrected chi connectivity index (χ1v) is 20.0. The molecule has 0 radical (unpaired) electrons. The number of hydrogen-bond donors (Lipinski definition) is 2. The second-order valence-electron chi connectivity index (χ2n) is 15.9. The van der Waals surface area contributed by atoms with E-state index in [-0.39, 0.29) is 36.0 Å². The first-order valence-electron chi connectivity index (χ1n) is 20.0. The summed E-state index contributed by atoms with van der Waals surface area (Å²) in [5.74, 6) is 1.02. The summed E-state index contributed by atoms with van der Waals surface area (Å²) in [7, 11) is 0. The van der Waals surface area contributed by atoms with Crippen LogP contribution in [0.3, 0.4) is 0 Å². The number of fused-ring (bicyclic) bond motifs is 2. The largest absolute Gasteiger partial charge is 0.508 e. The minimum atomic E-state index is -0.635. The Hall–Kier alpha value is -5.32. The van der Waals surface area contributed by atoms with Crippen molar-refractivity contribution < 1.29 is 29.0 Å². The molecule has 3 heterocycles. The molecular formula is C46H50N4O6. The minimum Gasteiger partial charge on any atom is -0.508 e. The number of piperidine rings is 1. The van der Waals surface area contributed by atoms with Gasteiger partial charge in [-0.1, -0.05) is 60.7 Å². The van der Waals surface area contributed by atoms with Gasteiger partial charge in [-0.2, -0.15) is 0 Å². The number of phenolic OH excluding ortho intramolecular Hbond substituents is 1. The lowest BCUT2D eigenvalue weighted by Crippen LogP contribution is -2.52. The van der Waals surface area contributed by atoms with Gasteiger partial charge in [0.2, 0.25) is 11.8 Å². The predicted octanol–water partition coefficient (Wildman–Crippen LogP) is 5.60. The van der Waals surface area contributed by atoms with Crippen LogP contribution >= 0.6 is 0 Å². The van der Waals surface area contributed by atoms with Crippen molar-refractivity contribution in [1.82, 2.24) is 20.0 Å². The summed E-state index contributed by atoms with van der Waals surface area (Å²) in [5.41, 5.74) is 7.54. The van der Waals surface area contributed by atoms with Crippen LogP contribution in [0.2, 0.25) is 0 Å². The van der Waals surface area contributed by atoms with E-state index in [0.29, 0.717) is 56.2 Å². The highest BCUT2D eigenvalue weighted by molar-refractivity contribution is 6.05. The molecule has 0 saturated carbocycles. The zero-order chi connectivity index (χ0) is 38.8. The van der Waals surface area contributed by atoms with Crippen molar-refractivity contribution in [2.45, 2.75) is 75.9 Å². The third-order valence-corrected chi connectivity index (χ3v) is 12.3. The first-order chi connectivity index (χ1) is 27.2. The molecule has 4 aromatic rings. The van der Waals surface area contributed by atoms with Crippen molar-refractivity contribution in [3.8, 4) is 11.5 Å². The summed E-state index contributed by atoms with van der Waals surface area (Å²) in [6, 6.07) is 30.4. The van der Waals surface area contributed by atoms with Crippen LogP contribution in [-0.4, -0.2) is 94.7 Å². The molecular weight excluding hydrogens is 705 g/mol. The molecule has 4 atom stereocenters. The number of rotatable bonds is 12. The number of piperazine rings is 1. The van der Waals surface area contributed by atoms with Crippen LogP contribution in [0.4, 0.5) is 0 Å². The van der Waals surface area contributed by atoms with Gasteiger partial charge >= 0.3 is 0 Å². The second kappa shape index (κ2) is 16.4. The highest BCUT2D eigenvalue weighted by atomic mass is 16.5. The van der Waals surface area contributed by atoms with Gasteiger partial charge in [0.1, 0.15) is 29.9 Å². The van der Waals surface area contributed by atoms with E-state index in [2.05, 4.69) is 82.7 Å². The van der Waals surface area contributed by atoms with Crippen LogP contribution in [0.15, 0.2) is 91.0 Å². The molecule has 0 bridgehead atoms. The highest BCUT2D eigenvalue weighted by Crippen LogP contribution is 2.47. The number of nitrogens with zero attached hydrogens (tertiary/aromatic N) is 3. The number of aromatic hydroxyl groups is 1. The molecule has 1 unspecified atom stereocenters. The Bertz CT molecular complexity index is 2090. The fourth-order valence-electron chi connectivity index (χ4n) is 9.13. The molecule has 4 aromatic carbocycles. The number of imide groups is 1. The van der Waals surface area contributed by atoms with E-state index in [1.165, 1.54) is 22.3 Å². The topological polar surface area (TPSA) is 119 Å². The third kappa shape index (κ3) is 8.13. The molecule has 56 heavy (non-hydrogen) atoms. The molecule has 2 saturated heterocycles. The second-order valence-corrected chi connectivity index (χ2v) is 15.9. The molecule has 0 aromatic heterocycles. The summed E-state index contributed by atoms with van der Waals surface area (Å²) >= 11 is 0. The number of hydrogen-bond acceptors (Lipinski definition) is 8. The SMILES string of the molecule is C[C@H](COc1ccc([C@@H]2c3ccc(O)cc3CC[C@@H]2c2ccccc2)cc1)N1CCN(CC(=O)CCc2ccc3c(c2)CN(C2CCC(=O)NC2=O)C3=O)CC1. The number of aryl methyl sites for hydroxylation is 2. The molecule has 3 aliphatic heterocycles. The van der Waals surface area contributed by atoms with Crippen LogP contribution in [0, 0.1) is 0 Å². The first kappa shape index (κ1) is 37.6. The van der Waals surface area contributed by atoms with Gasteiger partial charge in [0.05, 0.1) is 6.54 Å². The zero-order valence-electron chi connectivity index (χ0n) is 32.0. The van der Waals surface area contributed by atoms with E-state index in [9.17, 15) is 24.3 Å². The third-order valence-electron chi connectivity index (χ3n) is 12.3. The van der Waals surface area contributed by atoms with E-state index < -0.39 is 11.9 Å². The standard InChI is InChI=1S/C46H50N4O6/c1-30(29-56-38-14-9-33(10-15-38)44-39(32-5-3-2-4-6-32)17-11-34-26-36(51)13-18-40(34)44)49-23-21-48(22-24-49)28-37(52)12-7-31-8-16-41-35(25-31)27-50(46(41)55)42-19-20-43(53)47-45(42)54/h2-6,8-10,13-16,18,25-26,30,39,42,44,51H,7,11-12,17,19-24,27-29H2,1H3,(H,47,53,54)/t30-,39-,42?,44+/m1/s1. The zero-order valence-corrected chi connectivity index (χ0v) is 32.0. The lowest BCUT2D eigenvalue weighted by atomic mass is 9.69. The van der Waals surface area contributed by atoms with Gasteiger partial charge in [-0.25, -0.2) is 0 Å².